The van der Waals surface area contributed by atoms with Crippen molar-refractivity contribution in [3.8, 4) is 5.69 Å². The van der Waals surface area contributed by atoms with E-state index in [1.54, 1.807) is 6.20 Å². The number of aromatic nitrogens is 4. The molecule has 0 aliphatic heterocycles. The van der Waals surface area contributed by atoms with Gasteiger partial charge in [-0.25, -0.2) is 9.97 Å². The summed E-state index contributed by atoms with van der Waals surface area (Å²) in [6.07, 6.45) is 7.19. The topological polar surface area (TPSA) is 108 Å². The second kappa shape index (κ2) is 7.49. The molecule has 3 heterocycles. The SMILES string of the molecule is Cc1cn(-c2cnc3ccc(N/C(N)=C/C(=C\N)C(C)C)nc3c2)c(C)n1. The van der Waals surface area contributed by atoms with Gasteiger partial charge < -0.3 is 21.4 Å². The van der Waals surface area contributed by atoms with Gasteiger partial charge in [0.25, 0.3) is 0 Å². The molecule has 7 nitrogen and oxygen atoms in total. The normalized spacial score (nSPS) is 12.8. The Kier molecular flexibility index (Phi) is 5.12. The van der Waals surface area contributed by atoms with Gasteiger partial charge in [-0.05, 0) is 55.8 Å². The fraction of sp³-hybridized carbons (Fsp3) is 0.250. The van der Waals surface area contributed by atoms with Gasteiger partial charge in [0, 0.05) is 6.20 Å². The van der Waals surface area contributed by atoms with Crippen LogP contribution in [0.4, 0.5) is 5.82 Å². The molecule has 3 rings (SSSR count). The van der Waals surface area contributed by atoms with Crippen LogP contribution in [-0.4, -0.2) is 19.5 Å². The van der Waals surface area contributed by atoms with Crippen molar-refractivity contribution in [3.63, 3.8) is 0 Å². The van der Waals surface area contributed by atoms with Gasteiger partial charge >= 0.3 is 0 Å². The molecule has 0 bridgehead atoms. The summed E-state index contributed by atoms with van der Waals surface area (Å²) in [4.78, 5) is 13.6. The number of hydrogen-bond acceptors (Lipinski definition) is 6. The largest absolute Gasteiger partial charge is 0.404 e. The lowest BCUT2D eigenvalue weighted by molar-refractivity contribution is 0.786. The van der Waals surface area contributed by atoms with E-state index in [2.05, 4.69) is 34.1 Å². The number of imidazole rings is 1. The average Bonchev–Trinajstić information content (AvgIpc) is 2.97. The molecule has 0 radical (unpaired) electrons. The fourth-order valence-electron chi connectivity index (χ4n) is 2.85. The van der Waals surface area contributed by atoms with Crippen LogP contribution in [0.1, 0.15) is 25.4 Å². The van der Waals surface area contributed by atoms with Gasteiger partial charge in [0.15, 0.2) is 0 Å². The van der Waals surface area contributed by atoms with Gasteiger partial charge in [0.1, 0.15) is 17.5 Å². The quantitative estimate of drug-likeness (QED) is 0.601. The molecule has 0 aromatic carbocycles. The first-order valence-electron chi connectivity index (χ1n) is 8.83. The molecule has 7 heteroatoms. The Labute approximate surface area is 158 Å². The van der Waals surface area contributed by atoms with Gasteiger partial charge in [-0.15, -0.1) is 0 Å². The van der Waals surface area contributed by atoms with E-state index in [1.807, 2.05) is 55.1 Å². The molecular weight excluding hydrogens is 338 g/mol. The minimum absolute atomic E-state index is 0.286. The average molecular weight is 363 g/mol. The van der Waals surface area contributed by atoms with Crippen molar-refractivity contribution < 1.29 is 0 Å². The molecule has 0 unspecified atom stereocenters. The van der Waals surface area contributed by atoms with Crippen molar-refractivity contribution in [2.75, 3.05) is 5.32 Å². The van der Waals surface area contributed by atoms with Crippen LogP contribution in [-0.2, 0) is 0 Å². The summed E-state index contributed by atoms with van der Waals surface area (Å²) in [5, 5.41) is 3.11. The molecule has 0 saturated heterocycles. The van der Waals surface area contributed by atoms with Crippen LogP contribution in [0, 0.1) is 19.8 Å². The zero-order chi connectivity index (χ0) is 19.6. The monoisotopic (exact) mass is 363 g/mol. The first-order chi connectivity index (χ1) is 12.9. The highest BCUT2D eigenvalue weighted by Crippen LogP contribution is 2.19. The Bertz CT molecular complexity index is 1030. The van der Waals surface area contributed by atoms with E-state index in [4.69, 9.17) is 11.5 Å². The lowest BCUT2D eigenvalue weighted by atomic mass is 10.0. The van der Waals surface area contributed by atoms with E-state index in [1.165, 1.54) is 0 Å². The zero-order valence-electron chi connectivity index (χ0n) is 16.1. The van der Waals surface area contributed by atoms with E-state index in [-0.39, 0.29) is 5.92 Å². The van der Waals surface area contributed by atoms with E-state index in [9.17, 15) is 0 Å². The number of anilines is 1. The number of hydrogen-bond donors (Lipinski definition) is 3. The number of aryl methyl sites for hydroxylation is 2. The smallest absolute Gasteiger partial charge is 0.132 e. The fourth-order valence-corrected chi connectivity index (χ4v) is 2.85. The minimum atomic E-state index is 0.286. The summed E-state index contributed by atoms with van der Waals surface area (Å²) in [5.74, 6) is 2.32. The molecule has 3 aromatic heterocycles. The van der Waals surface area contributed by atoms with Crippen molar-refractivity contribution in [3.05, 3.63) is 65.8 Å². The Morgan fingerprint density at radius 2 is 1.96 bits per heavy atom. The first kappa shape index (κ1) is 18.4. The van der Waals surface area contributed by atoms with E-state index < -0.39 is 0 Å². The van der Waals surface area contributed by atoms with Crippen LogP contribution in [0.5, 0.6) is 0 Å². The Morgan fingerprint density at radius 1 is 1.19 bits per heavy atom. The molecule has 27 heavy (non-hydrogen) atoms. The van der Waals surface area contributed by atoms with Crippen molar-refractivity contribution in [1.82, 2.24) is 19.5 Å². The maximum absolute atomic E-state index is 6.09. The van der Waals surface area contributed by atoms with Crippen molar-refractivity contribution in [2.45, 2.75) is 27.7 Å². The van der Waals surface area contributed by atoms with Crippen molar-refractivity contribution in [2.24, 2.45) is 17.4 Å². The lowest BCUT2D eigenvalue weighted by Gasteiger charge is -2.10. The first-order valence-corrected chi connectivity index (χ1v) is 8.83. The number of nitrogens with zero attached hydrogens (tertiary/aromatic N) is 4. The van der Waals surface area contributed by atoms with Gasteiger partial charge in [0.05, 0.1) is 28.6 Å². The molecule has 0 saturated carbocycles. The van der Waals surface area contributed by atoms with Gasteiger partial charge in [-0.1, -0.05) is 13.8 Å². The molecular formula is C20H25N7. The molecule has 0 amide bonds. The molecule has 140 valence electrons. The second-order valence-electron chi connectivity index (χ2n) is 6.77. The number of nitrogens with one attached hydrogen (secondary N) is 1. The Balaban J connectivity index is 1.92. The Morgan fingerprint density at radius 3 is 2.59 bits per heavy atom. The van der Waals surface area contributed by atoms with Gasteiger partial charge in [-0.2, -0.15) is 0 Å². The molecule has 0 spiro atoms. The van der Waals surface area contributed by atoms with Crippen LogP contribution in [0.15, 0.2) is 54.3 Å². The van der Waals surface area contributed by atoms with Crippen LogP contribution >= 0.6 is 0 Å². The number of allylic oxidation sites excluding steroid dienone is 2. The highest BCUT2D eigenvalue weighted by atomic mass is 15.1. The van der Waals surface area contributed by atoms with Crippen LogP contribution in [0.2, 0.25) is 0 Å². The molecule has 0 fully saturated rings. The minimum Gasteiger partial charge on any atom is -0.404 e. The van der Waals surface area contributed by atoms with E-state index in [0.29, 0.717) is 11.6 Å². The number of fused-ring (bicyclic) bond motifs is 1. The summed E-state index contributed by atoms with van der Waals surface area (Å²) in [6.45, 7) is 8.05. The highest BCUT2D eigenvalue weighted by Gasteiger charge is 2.07. The second-order valence-corrected chi connectivity index (χ2v) is 6.77. The number of rotatable bonds is 5. The summed E-state index contributed by atoms with van der Waals surface area (Å²) >= 11 is 0. The van der Waals surface area contributed by atoms with Crippen molar-refractivity contribution in [1.29, 1.82) is 0 Å². The number of nitrogens with two attached hydrogens (primary N) is 2. The van der Waals surface area contributed by atoms with Gasteiger partial charge in [0.2, 0.25) is 0 Å². The standard InChI is InChI=1S/C20H25N7/c1-12(2)15(9-21)7-19(22)26-20-6-5-17-18(25-20)8-16(10-23-17)27-11-13(3)24-14(27)4/h5-12H,21-22H2,1-4H3,(H,25,26)/b15-9+,19-7+. The third-order valence-corrected chi connectivity index (χ3v) is 4.26. The molecule has 3 aromatic rings. The molecule has 0 aliphatic carbocycles. The predicted molar refractivity (Wildman–Crippen MR) is 109 cm³/mol. The maximum atomic E-state index is 6.09. The molecule has 0 atom stereocenters. The predicted octanol–water partition coefficient (Wildman–Crippen LogP) is 3.14. The van der Waals surface area contributed by atoms with E-state index >= 15 is 0 Å². The maximum Gasteiger partial charge on any atom is 0.132 e. The zero-order valence-corrected chi connectivity index (χ0v) is 16.1. The summed E-state index contributed by atoms with van der Waals surface area (Å²) in [6, 6.07) is 5.75. The molecule has 5 N–H and O–H groups in total. The van der Waals surface area contributed by atoms with Crippen molar-refractivity contribution >= 4 is 16.9 Å². The van der Waals surface area contributed by atoms with E-state index in [0.717, 1.165) is 33.8 Å². The third kappa shape index (κ3) is 4.08. The summed E-state index contributed by atoms with van der Waals surface area (Å²) < 4.78 is 2.00. The van der Waals surface area contributed by atoms with Crippen LogP contribution in [0.3, 0.4) is 0 Å². The van der Waals surface area contributed by atoms with Gasteiger partial charge in [-0.3, -0.25) is 4.98 Å². The van der Waals surface area contributed by atoms with Crippen LogP contribution in [0.25, 0.3) is 16.7 Å². The highest BCUT2D eigenvalue weighted by molar-refractivity contribution is 5.78. The summed E-state index contributed by atoms with van der Waals surface area (Å²) in [7, 11) is 0. The third-order valence-electron chi connectivity index (χ3n) is 4.26. The number of pyridine rings is 2. The Hall–Kier alpha value is -3.35. The lowest BCUT2D eigenvalue weighted by Crippen LogP contribution is -2.12. The molecule has 0 aliphatic rings. The van der Waals surface area contributed by atoms with Crippen LogP contribution < -0.4 is 16.8 Å². The summed E-state index contributed by atoms with van der Waals surface area (Å²) in [5.41, 5.74) is 16.2.